The Morgan fingerprint density at radius 3 is 2.32 bits per heavy atom. The van der Waals surface area contributed by atoms with Gasteiger partial charge >= 0.3 is 5.97 Å². The molecule has 0 spiro atoms. The van der Waals surface area contributed by atoms with Gasteiger partial charge in [0.25, 0.3) is 15.9 Å². The molecule has 9 heteroatoms. The maximum Gasteiger partial charge on any atom is 0.344 e. The van der Waals surface area contributed by atoms with Gasteiger partial charge in [-0.1, -0.05) is 18.2 Å². The molecule has 1 heterocycles. The first kappa shape index (κ1) is 17.0. The monoisotopic (exact) mass is 367 g/mol. The van der Waals surface area contributed by atoms with Crippen molar-refractivity contribution < 1.29 is 31.5 Å². The second-order valence-corrected chi connectivity index (χ2v) is 6.94. The molecule has 0 bridgehead atoms. The van der Waals surface area contributed by atoms with Gasteiger partial charge in [-0.05, 0) is 24.3 Å². The molecule has 0 atom stereocenters. The van der Waals surface area contributed by atoms with Gasteiger partial charge in [0.1, 0.15) is 28.7 Å². The predicted octanol–water partition coefficient (Wildman–Crippen LogP) is 1.97. The van der Waals surface area contributed by atoms with Gasteiger partial charge in [0.05, 0.1) is 12.1 Å². The summed E-state index contributed by atoms with van der Waals surface area (Å²) >= 11 is 0. The van der Waals surface area contributed by atoms with Crippen LogP contribution in [-0.4, -0.2) is 37.8 Å². The molecule has 1 aliphatic rings. The molecule has 0 unspecified atom stereocenters. The molecule has 0 saturated heterocycles. The van der Waals surface area contributed by atoms with Crippen LogP contribution in [0.25, 0.3) is 0 Å². The molecule has 2 aromatic carbocycles. The summed E-state index contributed by atoms with van der Waals surface area (Å²) in [5.41, 5.74) is -0.852. The summed E-state index contributed by atoms with van der Waals surface area (Å²) in [7, 11) is -4.03. The van der Waals surface area contributed by atoms with Crippen LogP contribution in [0.15, 0.2) is 47.4 Å². The minimum Gasteiger partial charge on any atom is -0.460 e. The van der Waals surface area contributed by atoms with E-state index in [0.29, 0.717) is 4.31 Å². The number of esters is 1. The highest BCUT2D eigenvalue weighted by atomic mass is 32.2. The van der Waals surface area contributed by atoms with Crippen LogP contribution in [0.5, 0.6) is 0 Å². The number of sulfonamides is 1. The normalized spacial score (nSPS) is 15.1. The van der Waals surface area contributed by atoms with Crippen molar-refractivity contribution in [2.75, 3.05) is 13.2 Å². The zero-order chi connectivity index (χ0) is 18.2. The van der Waals surface area contributed by atoms with Gasteiger partial charge in [0.15, 0.2) is 0 Å². The third kappa shape index (κ3) is 2.86. The molecular weight excluding hydrogens is 356 g/mol. The van der Waals surface area contributed by atoms with Crippen molar-refractivity contribution in [2.24, 2.45) is 0 Å². The number of benzene rings is 2. The van der Waals surface area contributed by atoms with Crippen LogP contribution in [0.4, 0.5) is 8.78 Å². The first-order valence-electron chi connectivity index (χ1n) is 7.11. The van der Waals surface area contributed by atoms with E-state index in [1.165, 1.54) is 24.3 Å². The number of ether oxygens (including phenoxy) is 1. The van der Waals surface area contributed by atoms with Gasteiger partial charge in [-0.15, -0.1) is 0 Å². The minimum absolute atomic E-state index is 0.0222. The van der Waals surface area contributed by atoms with E-state index in [4.69, 9.17) is 4.74 Å². The number of carbonyl (C=O) groups is 2. The van der Waals surface area contributed by atoms with Gasteiger partial charge < -0.3 is 4.74 Å². The fourth-order valence-electron chi connectivity index (χ4n) is 2.44. The molecule has 25 heavy (non-hydrogen) atoms. The van der Waals surface area contributed by atoms with Crippen molar-refractivity contribution >= 4 is 21.9 Å². The van der Waals surface area contributed by atoms with E-state index in [-0.39, 0.29) is 10.5 Å². The van der Waals surface area contributed by atoms with Crippen LogP contribution in [-0.2, 0) is 14.8 Å². The standard InChI is InChI=1S/C16H11F2NO5S/c17-11-5-3-6-12(18)14(11)16(21)24-9-8-19-15(20)10-4-1-2-7-13(10)25(19,22)23/h1-7H,8-9H2. The largest absolute Gasteiger partial charge is 0.460 e. The summed E-state index contributed by atoms with van der Waals surface area (Å²) in [4.78, 5) is 23.8. The van der Waals surface area contributed by atoms with Gasteiger partial charge in [-0.2, -0.15) is 0 Å². The third-order valence-corrected chi connectivity index (χ3v) is 5.45. The molecule has 130 valence electrons. The average Bonchev–Trinajstić information content (AvgIpc) is 2.76. The van der Waals surface area contributed by atoms with E-state index in [9.17, 15) is 26.8 Å². The summed E-state index contributed by atoms with van der Waals surface area (Å²) in [6, 6.07) is 8.55. The lowest BCUT2D eigenvalue weighted by molar-refractivity contribution is 0.0467. The Balaban J connectivity index is 1.71. The molecule has 0 radical (unpaired) electrons. The van der Waals surface area contributed by atoms with E-state index in [1.54, 1.807) is 0 Å². The van der Waals surface area contributed by atoms with Crippen LogP contribution in [0.1, 0.15) is 20.7 Å². The van der Waals surface area contributed by atoms with Crippen LogP contribution in [0, 0.1) is 11.6 Å². The zero-order valence-electron chi connectivity index (χ0n) is 12.6. The van der Waals surface area contributed by atoms with Crippen LogP contribution in [0.2, 0.25) is 0 Å². The number of rotatable bonds is 4. The van der Waals surface area contributed by atoms with Crippen molar-refractivity contribution in [3.63, 3.8) is 0 Å². The van der Waals surface area contributed by atoms with Crippen molar-refractivity contribution in [1.82, 2.24) is 4.31 Å². The number of amides is 1. The third-order valence-electron chi connectivity index (χ3n) is 3.61. The highest BCUT2D eigenvalue weighted by Crippen LogP contribution is 2.29. The SMILES string of the molecule is O=C(OCCN1C(=O)c2ccccc2S1(=O)=O)c1c(F)cccc1F. The number of hydrogen-bond donors (Lipinski definition) is 0. The number of hydrogen-bond acceptors (Lipinski definition) is 5. The second kappa shape index (κ2) is 6.25. The summed E-state index contributed by atoms with van der Waals surface area (Å²) in [5.74, 6) is -4.22. The Morgan fingerprint density at radius 2 is 1.68 bits per heavy atom. The number of halogens is 2. The van der Waals surface area contributed by atoms with Crippen LogP contribution >= 0.6 is 0 Å². The fourth-order valence-corrected chi connectivity index (χ4v) is 3.99. The first-order chi connectivity index (χ1) is 11.8. The lowest BCUT2D eigenvalue weighted by Gasteiger charge is -2.15. The van der Waals surface area contributed by atoms with E-state index < -0.39 is 52.2 Å². The van der Waals surface area contributed by atoms with E-state index in [0.717, 1.165) is 18.2 Å². The number of nitrogens with zero attached hydrogens (tertiary/aromatic N) is 1. The Bertz CT molecular complexity index is 954. The lowest BCUT2D eigenvalue weighted by atomic mass is 10.2. The first-order valence-corrected chi connectivity index (χ1v) is 8.55. The van der Waals surface area contributed by atoms with Crippen LogP contribution < -0.4 is 0 Å². The molecule has 0 N–H and O–H groups in total. The molecular formula is C16H11F2NO5S. The van der Waals surface area contributed by atoms with E-state index in [2.05, 4.69) is 0 Å². The van der Waals surface area contributed by atoms with E-state index >= 15 is 0 Å². The van der Waals surface area contributed by atoms with Gasteiger partial charge in [0, 0.05) is 0 Å². The Morgan fingerprint density at radius 1 is 1.04 bits per heavy atom. The van der Waals surface area contributed by atoms with Gasteiger partial charge in [-0.25, -0.2) is 26.3 Å². The van der Waals surface area contributed by atoms with Gasteiger partial charge in [-0.3, -0.25) is 4.79 Å². The lowest BCUT2D eigenvalue weighted by Crippen LogP contribution is -2.33. The number of fused-ring (bicyclic) bond motifs is 1. The topological polar surface area (TPSA) is 80.8 Å². The maximum absolute atomic E-state index is 13.5. The second-order valence-electron chi connectivity index (χ2n) is 5.11. The quantitative estimate of drug-likeness (QED) is 0.772. The molecule has 2 aromatic rings. The van der Waals surface area contributed by atoms with Crippen molar-refractivity contribution in [3.8, 4) is 0 Å². The molecule has 1 aliphatic heterocycles. The molecule has 0 aromatic heterocycles. The molecule has 0 saturated carbocycles. The molecule has 1 amide bonds. The number of carbonyl (C=O) groups excluding carboxylic acids is 2. The highest BCUT2D eigenvalue weighted by molar-refractivity contribution is 7.90. The zero-order valence-corrected chi connectivity index (χ0v) is 13.4. The Labute approximate surface area is 141 Å². The molecule has 0 aliphatic carbocycles. The Hall–Kier alpha value is -2.81. The summed E-state index contributed by atoms with van der Waals surface area (Å²) in [6.07, 6.45) is 0. The summed E-state index contributed by atoms with van der Waals surface area (Å²) < 4.78 is 56.8. The van der Waals surface area contributed by atoms with Crippen molar-refractivity contribution in [1.29, 1.82) is 0 Å². The fraction of sp³-hybridized carbons (Fsp3) is 0.125. The maximum atomic E-state index is 13.5. The summed E-state index contributed by atoms with van der Waals surface area (Å²) in [5, 5.41) is 0. The van der Waals surface area contributed by atoms with Crippen molar-refractivity contribution in [2.45, 2.75) is 4.90 Å². The van der Waals surface area contributed by atoms with E-state index in [1.807, 2.05) is 0 Å². The summed E-state index contributed by atoms with van der Waals surface area (Å²) in [6.45, 7) is -0.997. The average molecular weight is 367 g/mol. The smallest absolute Gasteiger partial charge is 0.344 e. The molecule has 3 rings (SSSR count). The minimum atomic E-state index is -4.03. The molecule has 6 nitrogen and oxygen atoms in total. The predicted molar refractivity (Wildman–Crippen MR) is 81.3 cm³/mol. The highest BCUT2D eigenvalue weighted by Gasteiger charge is 2.40. The van der Waals surface area contributed by atoms with Crippen LogP contribution in [0.3, 0.4) is 0 Å². The Kier molecular flexibility index (Phi) is 4.25. The molecule has 0 fully saturated rings. The van der Waals surface area contributed by atoms with Gasteiger partial charge in [0.2, 0.25) is 0 Å². The van der Waals surface area contributed by atoms with Crippen molar-refractivity contribution in [3.05, 3.63) is 65.2 Å².